The molecular formula is C14H22Cl2N2. The minimum Gasteiger partial charge on any atom is -0.305 e. The van der Waals surface area contributed by atoms with Gasteiger partial charge in [0.25, 0.3) is 0 Å². The number of likely N-dealkylation sites (N-methyl/N-ethyl adjacent to an activating group) is 2. The van der Waals surface area contributed by atoms with Crippen LogP contribution in [0.3, 0.4) is 0 Å². The molecule has 0 N–H and O–H groups in total. The summed E-state index contributed by atoms with van der Waals surface area (Å²) in [7, 11) is 6.37. The van der Waals surface area contributed by atoms with Crippen molar-refractivity contribution in [3.05, 3.63) is 33.8 Å². The number of rotatable bonds is 6. The Kier molecular flexibility index (Phi) is 6.44. The Morgan fingerprint density at radius 3 is 2.33 bits per heavy atom. The predicted octanol–water partition coefficient (Wildman–Crippen LogP) is 3.42. The van der Waals surface area contributed by atoms with Gasteiger partial charge >= 0.3 is 0 Å². The standard InChI is InChI=1S/C14H22Cl2N2/c1-11(17(2)3)10-18(4)8-7-12-5-6-13(15)14(16)9-12/h5-6,9,11H,7-8,10H2,1-4H3. The lowest BCUT2D eigenvalue weighted by molar-refractivity contribution is 0.222. The number of benzene rings is 1. The molecule has 102 valence electrons. The molecule has 0 aliphatic heterocycles. The van der Waals surface area contributed by atoms with Crippen LogP contribution in [0.5, 0.6) is 0 Å². The van der Waals surface area contributed by atoms with E-state index < -0.39 is 0 Å². The van der Waals surface area contributed by atoms with Crippen molar-refractivity contribution >= 4 is 23.2 Å². The molecule has 1 aromatic carbocycles. The minimum atomic E-state index is 0.559. The van der Waals surface area contributed by atoms with E-state index in [9.17, 15) is 0 Å². The Bertz CT molecular complexity index is 380. The van der Waals surface area contributed by atoms with Gasteiger partial charge in [-0.1, -0.05) is 29.3 Å². The maximum Gasteiger partial charge on any atom is 0.0595 e. The first kappa shape index (κ1) is 15.8. The van der Waals surface area contributed by atoms with Crippen molar-refractivity contribution in [1.82, 2.24) is 9.80 Å². The van der Waals surface area contributed by atoms with E-state index in [1.807, 2.05) is 18.2 Å². The third-order valence-corrected chi connectivity index (χ3v) is 3.96. The van der Waals surface area contributed by atoms with Crippen molar-refractivity contribution < 1.29 is 0 Å². The lowest BCUT2D eigenvalue weighted by Gasteiger charge is -2.26. The number of halogens is 2. The predicted molar refractivity (Wildman–Crippen MR) is 80.8 cm³/mol. The van der Waals surface area contributed by atoms with Gasteiger partial charge in [-0.25, -0.2) is 0 Å². The zero-order valence-corrected chi connectivity index (χ0v) is 13.1. The SMILES string of the molecule is CC(CN(C)CCc1ccc(Cl)c(Cl)c1)N(C)C. The van der Waals surface area contributed by atoms with E-state index in [0.717, 1.165) is 19.5 Å². The summed E-state index contributed by atoms with van der Waals surface area (Å²) in [5.41, 5.74) is 1.23. The summed E-state index contributed by atoms with van der Waals surface area (Å²) in [6, 6.07) is 6.41. The van der Waals surface area contributed by atoms with Crippen LogP contribution < -0.4 is 0 Å². The Hall–Kier alpha value is -0.280. The van der Waals surface area contributed by atoms with Gasteiger partial charge in [0.2, 0.25) is 0 Å². The highest BCUT2D eigenvalue weighted by atomic mass is 35.5. The van der Waals surface area contributed by atoms with Crippen LogP contribution in [0.1, 0.15) is 12.5 Å². The van der Waals surface area contributed by atoms with Crippen LogP contribution in [0.4, 0.5) is 0 Å². The molecule has 4 heteroatoms. The first-order valence-electron chi connectivity index (χ1n) is 6.19. The van der Waals surface area contributed by atoms with Crippen LogP contribution >= 0.6 is 23.2 Å². The van der Waals surface area contributed by atoms with Crippen molar-refractivity contribution in [3.63, 3.8) is 0 Å². The second-order valence-corrected chi connectivity index (χ2v) is 5.89. The highest BCUT2D eigenvalue weighted by Crippen LogP contribution is 2.22. The third kappa shape index (κ3) is 5.15. The molecule has 0 fully saturated rings. The summed E-state index contributed by atoms with van der Waals surface area (Å²) < 4.78 is 0. The van der Waals surface area contributed by atoms with Crippen LogP contribution in [0.25, 0.3) is 0 Å². The van der Waals surface area contributed by atoms with Gasteiger partial charge in [0.15, 0.2) is 0 Å². The molecule has 0 aliphatic carbocycles. The first-order valence-corrected chi connectivity index (χ1v) is 6.94. The lowest BCUT2D eigenvalue weighted by Crippen LogP contribution is -2.37. The molecule has 2 nitrogen and oxygen atoms in total. The summed E-state index contributed by atoms with van der Waals surface area (Å²) in [6.45, 7) is 4.32. The highest BCUT2D eigenvalue weighted by Gasteiger charge is 2.08. The van der Waals surface area contributed by atoms with Crippen LogP contribution in [0.2, 0.25) is 10.0 Å². The van der Waals surface area contributed by atoms with Crippen molar-refractivity contribution in [3.8, 4) is 0 Å². The van der Waals surface area contributed by atoms with Gasteiger partial charge in [0.05, 0.1) is 10.0 Å². The fourth-order valence-electron chi connectivity index (χ4n) is 1.72. The van der Waals surface area contributed by atoms with Crippen molar-refractivity contribution in [2.45, 2.75) is 19.4 Å². The third-order valence-electron chi connectivity index (χ3n) is 3.22. The van der Waals surface area contributed by atoms with E-state index in [2.05, 4.69) is 37.9 Å². The second-order valence-electron chi connectivity index (χ2n) is 5.07. The monoisotopic (exact) mass is 288 g/mol. The van der Waals surface area contributed by atoms with E-state index in [1.54, 1.807) is 0 Å². The molecular weight excluding hydrogens is 267 g/mol. The average molecular weight is 289 g/mol. The van der Waals surface area contributed by atoms with Gasteiger partial charge in [-0.15, -0.1) is 0 Å². The summed E-state index contributed by atoms with van der Waals surface area (Å²) in [5.74, 6) is 0. The van der Waals surface area contributed by atoms with Gasteiger partial charge in [-0.05, 0) is 52.2 Å². The fourth-order valence-corrected chi connectivity index (χ4v) is 2.04. The maximum absolute atomic E-state index is 6.00. The molecule has 0 saturated carbocycles. The van der Waals surface area contributed by atoms with Crippen molar-refractivity contribution in [2.24, 2.45) is 0 Å². The van der Waals surface area contributed by atoms with Gasteiger partial charge in [-0.3, -0.25) is 0 Å². The topological polar surface area (TPSA) is 6.48 Å². The molecule has 1 rings (SSSR count). The van der Waals surface area contributed by atoms with E-state index in [0.29, 0.717) is 16.1 Å². The van der Waals surface area contributed by atoms with E-state index >= 15 is 0 Å². The Balaban J connectivity index is 2.42. The highest BCUT2D eigenvalue weighted by molar-refractivity contribution is 6.42. The number of hydrogen-bond donors (Lipinski definition) is 0. The molecule has 0 saturated heterocycles. The van der Waals surface area contributed by atoms with Crippen molar-refractivity contribution in [1.29, 1.82) is 0 Å². The summed E-state index contributed by atoms with van der Waals surface area (Å²) in [6.07, 6.45) is 0.994. The summed E-state index contributed by atoms with van der Waals surface area (Å²) >= 11 is 11.9. The zero-order chi connectivity index (χ0) is 13.7. The quantitative estimate of drug-likeness (QED) is 0.791. The van der Waals surface area contributed by atoms with E-state index in [-0.39, 0.29) is 0 Å². The average Bonchev–Trinajstić information content (AvgIpc) is 2.30. The molecule has 0 radical (unpaired) electrons. The smallest absolute Gasteiger partial charge is 0.0595 e. The second kappa shape index (κ2) is 7.34. The fraction of sp³-hybridized carbons (Fsp3) is 0.571. The Morgan fingerprint density at radius 1 is 1.11 bits per heavy atom. The molecule has 0 spiro atoms. The molecule has 0 aromatic heterocycles. The largest absolute Gasteiger partial charge is 0.305 e. The Labute approximate surface area is 120 Å². The van der Waals surface area contributed by atoms with Crippen LogP contribution in [-0.4, -0.2) is 50.1 Å². The summed E-state index contributed by atoms with van der Waals surface area (Å²) in [4.78, 5) is 4.57. The molecule has 1 unspecified atom stereocenters. The van der Waals surface area contributed by atoms with Crippen molar-refractivity contribution in [2.75, 3.05) is 34.2 Å². The molecule has 0 aliphatic rings. The minimum absolute atomic E-state index is 0.559. The zero-order valence-electron chi connectivity index (χ0n) is 11.6. The maximum atomic E-state index is 6.00. The summed E-state index contributed by atoms with van der Waals surface area (Å²) in [5, 5.41) is 1.26. The molecule has 1 atom stereocenters. The Morgan fingerprint density at radius 2 is 1.78 bits per heavy atom. The molecule has 18 heavy (non-hydrogen) atoms. The number of nitrogens with zero attached hydrogens (tertiary/aromatic N) is 2. The molecule has 1 aromatic rings. The molecule has 0 heterocycles. The van der Waals surface area contributed by atoms with Crippen LogP contribution in [-0.2, 0) is 6.42 Å². The van der Waals surface area contributed by atoms with E-state index in [4.69, 9.17) is 23.2 Å². The van der Waals surface area contributed by atoms with Gasteiger partial charge in [0.1, 0.15) is 0 Å². The van der Waals surface area contributed by atoms with Crippen LogP contribution in [0, 0.1) is 0 Å². The first-order chi connectivity index (χ1) is 8.40. The normalized spacial score (nSPS) is 13.3. The molecule has 0 amide bonds. The van der Waals surface area contributed by atoms with E-state index in [1.165, 1.54) is 5.56 Å². The molecule has 0 bridgehead atoms. The van der Waals surface area contributed by atoms with Gasteiger partial charge < -0.3 is 9.80 Å². The van der Waals surface area contributed by atoms with Crippen LogP contribution in [0.15, 0.2) is 18.2 Å². The van der Waals surface area contributed by atoms with Gasteiger partial charge in [0, 0.05) is 19.1 Å². The number of hydrogen-bond acceptors (Lipinski definition) is 2. The lowest BCUT2D eigenvalue weighted by atomic mass is 10.1. The van der Waals surface area contributed by atoms with Gasteiger partial charge in [-0.2, -0.15) is 0 Å².